The van der Waals surface area contributed by atoms with Gasteiger partial charge in [0.05, 0.1) is 39.4 Å². The normalized spacial score (nSPS) is 16.9. The average Bonchev–Trinajstić information content (AvgIpc) is 2.85. The van der Waals surface area contributed by atoms with E-state index in [1.807, 2.05) is 6.07 Å². The number of aryl methyl sites for hydroxylation is 2. The highest BCUT2D eigenvalue weighted by Gasteiger charge is 2.34. The molecule has 166 valence electrons. The van der Waals surface area contributed by atoms with E-state index in [0.717, 1.165) is 54.2 Å². The number of fused-ring (bicyclic) bond motifs is 4. The number of benzene rings is 2. The standard InChI is InChI=1S/C27H30NO4/c1-29-22-11-10-19-21(27(22)32-4)16-28-13-12-18-14-23(30-2)24(31-3)15-20(18)26(28)25(19)17-8-6-5-7-9-17/h6,8,10-11,14-17H,5,7,9,12-13H2,1-4H3/q+1. The quantitative estimate of drug-likeness (QED) is 0.410. The fourth-order valence-electron chi connectivity index (χ4n) is 5.31. The molecule has 5 nitrogen and oxygen atoms in total. The molecule has 3 aromatic rings. The molecule has 1 aliphatic heterocycles. The third-order valence-electron chi connectivity index (χ3n) is 6.81. The second-order valence-corrected chi connectivity index (χ2v) is 8.43. The van der Waals surface area contributed by atoms with Crippen molar-refractivity contribution in [3.8, 4) is 34.3 Å². The summed E-state index contributed by atoms with van der Waals surface area (Å²) in [6, 6.07) is 8.48. The minimum absolute atomic E-state index is 0.353. The molecule has 0 N–H and O–H groups in total. The molecule has 0 bridgehead atoms. The molecule has 0 saturated heterocycles. The predicted octanol–water partition coefficient (Wildman–Crippen LogP) is 5.21. The lowest BCUT2D eigenvalue weighted by atomic mass is 9.81. The maximum absolute atomic E-state index is 5.83. The first-order valence-electron chi connectivity index (χ1n) is 11.2. The van der Waals surface area contributed by atoms with Crippen molar-refractivity contribution in [3.63, 3.8) is 0 Å². The van der Waals surface area contributed by atoms with Crippen LogP contribution in [0.1, 0.15) is 36.3 Å². The van der Waals surface area contributed by atoms with Gasteiger partial charge in [-0.3, -0.25) is 0 Å². The van der Waals surface area contributed by atoms with Crippen molar-refractivity contribution < 1.29 is 23.5 Å². The Morgan fingerprint density at radius 1 is 0.875 bits per heavy atom. The van der Waals surface area contributed by atoms with E-state index in [9.17, 15) is 0 Å². The maximum atomic E-state index is 5.83. The van der Waals surface area contributed by atoms with E-state index in [0.29, 0.717) is 5.92 Å². The second kappa shape index (κ2) is 8.38. The molecule has 0 saturated carbocycles. The van der Waals surface area contributed by atoms with Gasteiger partial charge in [-0.25, -0.2) is 0 Å². The molecule has 1 unspecified atom stereocenters. The summed E-state index contributed by atoms with van der Waals surface area (Å²) in [6.07, 6.45) is 11.3. The zero-order valence-corrected chi connectivity index (χ0v) is 19.2. The molecule has 1 atom stereocenters. The van der Waals surface area contributed by atoms with Gasteiger partial charge in [0.25, 0.3) is 0 Å². The number of pyridine rings is 1. The minimum atomic E-state index is 0.353. The summed E-state index contributed by atoms with van der Waals surface area (Å²) in [6.45, 7) is 0.900. The first-order valence-corrected chi connectivity index (χ1v) is 11.2. The Bertz CT molecular complexity index is 1210. The van der Waals surface area contributed by atoms with E-state index in [2.05, 4.69) is 41.1 Å². The van der Waals surface area contributed by atoms with Crippen molar-refractivity contribution in [1.29, 1.82) is 0 Å². The lowest BCUT2D eigenvalue weighted by Crippen LogP contribution is -2.41. The Morgan fingerprint density at radius 3 is 2.34 bits per heavy atom. The third-order valence-corrected chi connectivity index (χ3v) is 6.81. The summed E-state index contributed by atoms with van der Waals surface area (Å²) in [5.74, 6) is 3.45. The third kappa shape index (κ3) is 3.19. The fraction of sp³-hybridized carbons (Fsp3) is 0.370. The molecule has 32 heavy (non-hydrogen) atoms. The van der Waals surface area contributed by atoms with E-state index in [4.69, 9.17) is 18.9 Å². The van der Waals surface area contributed by atoms with Crippen molar-refractivity contribution in [1.82, 2.24) is 0 Å². The van der Waals surface area contributed by atoms with Gasteiger partial charge in [-0.2, -0.15) is 4.57 Å². The van der Waals surface area contributed by atoms with E-state index in [-0.39, 0.29) is 0 Å². The molecule has 5 heteroatoms. The van der Waals surface area contributed by atoms with Gasteiger partial charge in [-0.05, 0) is 49.1 Å². The Hall–Kier alpha value is -3.21. The molecule has 2 heterocycles. The number of hydrogen-bond acceptors (Lipinski definition) is 4. The van der Waals surface area contributed by atoms with Gasteiger partial charge in [0.2, 0.25) is 5.69 Å². The van der Waals surface area contributed by atoms with E-state index in [1.54, 1.807) is 28.4 Å². The van der Waals surface area contributed by atoms with Crippen LogP contribution in [0.2, 0.25) is 0 Å². The zero-order chi connectivity index (χ0) is 22.2. The highest BCUT2D eigenvalue weighted by molar-refractivity contribution is 5.95. The van der Waals surface area contributed by atoms with Crippen LogP contribution in [-0.2, 0) is 13.0 Å². The second-order valence-electron chi connectivity index (χ2n) is 8.43. The van der Waals surface area contributed by atoms with Crippen LogP contribution in [-0.4, -0.2) is 28.4 Å². The van der Waals surface area contributed by atoms with E-state index < -0.39 is 0 Å². The summed E-state index contributed by atoms with van der Waals surface area (Å²) < 4.78 is 25.1. The molecule has 1 aliphatic carbocycles. The summed E-state index contributed by atoms with van der Waals surface area (Å²) >= 11 is 0. The number of rotatable bonds is 5. The minimum Gasteiger partial charge on any atom is -0.493 e. The van der Waals surface area contributed by atoms with Gasteiger partial charge in [0.15, 0.2) is 35.7 Å². The van der Waals surface area contributed by atoms with Crippen LogP contribution in [0.5, 0.6) is 23.0 Å². The van der Waals surface area contributed by atoms with E-state index in [1.165, 1.54) is 34.2 Å². The zero-order valence-electron chi connectivity index (χ0n) is 19.2. The predicted molar refractivity (Wildman–Crippen MR) is 125 cm³/mol. The van der Waals surface area contributed by atoms with Crippen LogP contribution in [0.25, 0.3) is 22.0 Å². The Morgan fingerprint density at radius 2 is 1.66 bits per heavy atom. The Labute approximate surface area is 189 Å². The number of nitrogens with zero attached hydrogens (tertiary/aromatic N) is 1. The van der Waals surface area contributed by atoms with Gasteiger partial charge in [0, 0.05) is 23.3 Å². The van der Waals surface area contributed by atoms with Crippen molar-refractivity contribution >= 4 is 10.8 Å². The highest BCUT2D eigenvalue weighted by Crippen LogP contribution is 2.46. The van der Waals surface area contributed by atoms with Crippen molar-refractivity contribution in [2.24, 2.45) is 0 Å². The van der Waals surface area contributed by atoms with Crippen LogP contribution in [0.4, 0.5) is 0 Å². The lowest BCUT2D eigenvalue weighted by Gasteiger charge is -2.25. The fourth-order valence-corrected chi connectivity index (χ4v) is 5.31. The topological polar surface area (TPSA) is 40.8 Å². The van der Waals surface area contributed by atoms with Crippen molar-refractivity contribution in [3.05, 3.63) is 53.7 Å². The lowest BCUT2D eigenvalue weighted by molar-refractivity contribution is -0.686. The molecule has 2 aliphatic rings. The van der Waals surface area contributed by atoms with E-state index >= 15 is 0 Å². The molecule has 2 aromatic carbocycles. The van der Waals surface area contributed by atoms with Gasteiger partial charge >= 0.3 is 0 Å². The van der Waals surface area contributed by atoms with Crippen molar-refractivity contribution in [2.45, 2.75) is 38.1 Å². The number of hydrogen-bond donors (Lipinski definition) is 0. The molecular weight excluding hydrogens is 402 g/mol. The Kier molecular flexibility index (Phi) is 5.41. The first-order chi connectivity index (χ1) is 15.7. The average molecular weight is 433 g/mol. The van der Waals surface area contributed by atoms with Gasteiger partial charge in [-0.1, -0.05) is 12.2 Å². The molecule has 0 radical (unpaired) electrons. The summed E-state index contributed by atoms with van der Waals surface area (Å²) in [7, 11) is 6.80. The van der Waals surface area contributed by atoms with Gasteiger partial charge in [0.1, 0.15) is 0 Å². The van der Waals surface area contributed by atoms with Crippen LogP contribution < -0.4 is 23.5 Å². The number of allylic oxidation sites excluding steroid dienone is 2. The smallest absolute Gasteiger partial charge is 0.217 e. The summed E-state index contributed by atoms with van der Waals surface area (Å²) in [5.41, 5.74) is 5.14. The van der Waals surface area contributed by atoms with Crippen LogP contribution >= 0.6 is 0 Å². The number of methoxy groups -OCH3 is 4. The summed E-state index contributed by atoms with van der Waals surface area (Å²) in [4.78, 5) is 0. The molecule has 0 amide bonds. The highest BCUT2D eigenvalue weighted by atomic mass is 16.5. The molecule has 1 aromatic heterocycles. The SMILES string of the molecule is COc1cc2c(cc1OC)-c1c(C3C=CCCC3)c3ccc(OC)c(OC)c3c[n+]1CC2. The van der Waals surface area contributed by atoms with Gasteiger partial charge < -0.3 is 18.9 Å². The molecule has 5 rings (SSSR count). The maximum Gasteiger partial charge on any atom is 0.217 e. The largest absolute Gasteiger partial charge is 0.493 e. The molecule has 0 spiro atoms. The van der Waals surface area contributed by atoms with Gasteiger partial charge in [-0.15, -0.1) is 0 Å². The number of aromatic nitrogens is 1. The van der Waals surface area contributed by atoms with Crippen LogP contribution in [0.15, 0.2) is 42.6 Å². The number of ether oxygens (including phenoxy) is 4. The summed E-state index contributed by atoms with van der Waals surface area (Å²) in [5, 5.41) is 2.31. The Balaban J connectivity index is 1.87. The monoisotopic (exact) mass is 432 g/mol. The van der Waals surface area contributed by atoms with Crippen LogP contribution in [0.3, 0.4) is 0 Å². The van der Waals surface area contributed by atoms with Crippen LogP contribution in [0, 0.1) is 0 Å². The first kappa shape index (κ1) is 20.7. The van der Waals surface area contributed by atoms with Crippen molar-refractivity contribution in [2.75, 3.05) is 28.4 Å². The molecule has 0 fully saturated rings. The molecular formula is C27H30NO4+.